The zero-order chi connectivity index (χ0) is 12.3. The standard InChI is InChI=1S/C8H8N6O2S/c9-6-1-2-10-5-7(6)17(15,16)14-8-11-3-4-12-13-8/h1-5H,(H2,9,10)(H,11,13,14). The molecule has 0 saturated heterocycles. The smallest absolute Gasteiger partial charge is 0.267 e. The molecule has 0 saturated carbocycles. The predicted octanol–water partition coefficient (Wildman–Crippen LogP) is -0.350. The van der Waals surface area contributed by atoms with Gasteiger partial charge in [-0.15, -0.1) is 5.10 Å². The van der Waals surface area contributed by atoms with Crippen LogP contribution in [0, 0.1) is 0 Å². The molecule has 9 heteroatoms. The molecule has 8 nitrogen and oxygen atoms in total. The summed E-state index contributed by atoms with van der Waals surface area (Å²) in [6.07, 6.45) is 5.19. The van der Waals surface area contributed by atoms with E-state index in [1.54, 1.807) is 0 Å². The van der Waals surface area contributed by atoms with Crippen LogP contribution in [0.2, 0.25) is 0 Å². The molecule has 0 aromatic carbocycles. The Hall–Kier alpha value is -2.29. The van der Waals surface area contributed by atoms with Gasteiger partial charge >= 0.3 is 0 Å². The number of rotatable bonds is 3. The van der Waals surface area contributed by atoms with Gasteiger partial charge in [0, 0.05) is 12.4 Å². The van der Waals surface area contributed by atoms with Crippen molar-refractivity contribution in [1.82, 2.24) is 20.2 Å². The number of nitrogens with one attached hydrogen (secondary N) is 1. The minimum absolute atomic E-state index is 0.0939. The summed E-state index contributed by atoms with van der Waals surface area (Å²) in [4.78, 5) is 7.26. The molecule has 0 bridgehead atoms. The summed E-state index contributed by atoms with van der Waals surface area (Å²) < 4.78 is 25.9. The van der Waals surface area contributed by atoms with Crippen molar-refractivity contribution in [2.24, 2.45) is 0 Å². The van der Waals surface area contributed by atoms with Crippen LogP contribution in [0.5, 0.6) is 0 Å². The second kappa shape index (κ2) is 4.29. The van der Waals surface area contributed by atoms with Gasteiger partial charge in [0.15, 0.2) is 0 Å². The fourth-order valence-corrected chi connectivity index (χ4v) is 2.11. The monoisotopic (exact) mass is 252 g/mol. The molecule has 0 atom stereocenters. The number of hydrogen-bond donors (Lipinski definition) is 2. The first-order chi connectivity index (χ1) is 8.09. The number of aromatic nitrogens is 4. The average Bonchev–Trinajstić information content (AvgIpc) is 2.30. The predicted molar refractivity (Wildman–Crippen MR) is 59.3 cm³/mol. The highest BCUT2D eigenvalue weighted by Crippen LogP contribution is 2.17. The fraction of sp³-hybridized carbons (Fsp3) is 0. The van der Waals surface area contributed by atoms with Crippen molar-refractivity contribution in [2.75, 3.05) is 10.5 Å². The highest BCUT2D eigenvalue weighted by Gasteiger charge is 2.18. The van der Waals surface area contributed by atoms with Crippen LogP contribution >= 0.6 is 0 Å². The van der Waals surface area contributed by atoms with Crippen molar-refractivity contribution in [2.45, 2.75) is 4.90 Å². The van der Waals surface area contributed by atoms with Gasteiger partial charge in [-0.2, -0.15) is 5.10 Å². The van der Waals surface area contributed by atoms with E-state index in [0.29, 0.717) is 0 Å². The van der Waals surface area contributed by atoms with Gasteiger partial charge in [-0.1, -0.05) is 0 Å². The summed E-state index contributed by atoms with van der Waals surface area (Å²) in [6, 6.07) is 1.39. The average molecular weight is 252 g/mol. The van der Waals surface area contributed by atoms with Crippen LogP contribution < -0.4 is 10.5 Å². The van der Waals surface area contributed by atoms with Crippen molar-refractivity contribution in [3.8, 4) is 0 Å². The number of anilines is 2. The summed E-state index contributed by atoms with van der Waals surface area (Å²) in [6.45, 7) is 0. The molecule has 3 N–H and O–H groups in total. The van der Waals surface area contributed by atoms with E-state index in [1.165, 1.54) is 24.7 Å². The van der Waals surface area contributed by atoms with Crippen LogP contribution in [0.3, 0.4) is 0 Å². The third-order valence-electron chi connectivity index (χ3n) is 1.81. The van der Waals surface area contributed by atoms with Crippen molar-refractivity contribution >= 4 is 21.7 Å². The summed E-state index contributed by atoms with van der Waals surface area (Å²) in [5.41, 5.74) is 5.64. The van der Waals surface area contributed by atoms with E-state index in [2.05, 4.69) is 24.9 Å². The fourth-order valence-electron chi connectivity index (χ4n) is 1.08. The Morgan fingerprint density at radius 2 is 2.06 bits per heavy atom. The second-order valence-electron chi connectivity index (χ2n) is 2.99. The number of pyridine rings is 1. The van der Waals surface area contributed by atoms with E-state index in [9.17, 15) is 8.42 Å². The Bertz CT molecular complexity index is 615. The molecule has 0 radical (unpaired) electrons. The molecule has 0 fully saturated rings. The quantitative estimate of drug-likeness (QED) is 0.764. The molecule has 0 aliphatic rings. The van der Waals surface area contributed by atoms with Gasteiger partial charge < -0.3 is 5.73 Å². The van der Waals surface area contributed by atoms with E-state index in [0.717, 1.165) is 6.20 Å². The summed E-state index contributed by atoms with van der Waals surface area (Å²) >= 11 is 0. The highest BCUT2D eigenvalue weighted by molar-refractivity contribution is 7.92. The van der Waals surface area contributed by atoms with E-state index < -0.39 is 10.0 Å². The van der Waals surface area contributed by atoms with E-state index in [-0.39, 0.29) is 16.5 Å². The van der Waals surface area contributed by atoms with Crippen LogP contribution in [-0.2, 0) is 10.0 Å². The van der Waals surface area contributed by atoms with Gasteiger partial charge in [0.05, 0.1) is 18.1 Å². The summed E-state index contributed by atoms with van der Waals surface area (Å²) in [7, 11) is -3.85. The van der Waals surface area contributed by atoms with E-state index >= 15 is 0 Å². The van der Waals surface area contributed by atoms with Gasteiger partial charge in [-0.3, -0.25) is 4.98 Å². The Morgan fingerprint density at radius 1 is 1.24 bits per heavy atom. The third kappa shape index (κ3) is 2.45. The number of nitrogens with zero attached hydrogens (tertiary/aromatic N) is 4. The van der Waals surface area contributed by atoms with Crippen molar-refractivity contribution in [3.63, 3.8) is 0 Å². The largest absolute Gasteiger partial charge is 0.398 e. The molecular formula is C8H8N6O2S. The molecule has 0 amide bonds. The minimum Gasteiger partial charge on any atom is -0.398 e. The van der Waals surface area contributed by atoms with Crippen LogP contribution in [0.15, 0.2) is 35.7 Å². The van der Waals surface area contributed by atoms with E-state index in [4.69, 9.17) is 5.73 Å². The number of nitrogen functional groups attached to an aromatic ring is 1. The molecule has 2 rings (SSSR count). The molecular weight excluding hydrogens is 244 g/mol. The van der Waals surface area contributed by atoms with Crippen molar-refractivity contribution < 1.29 is 8.42 Å². The topological polar surface area (TPSA) is 124 Å². The maximum Gasteiger partial charge on any atom is 0.267 e. The van der Waals surface area contributed by atoms with Gasteiger partial charge in [0.25, 0.3) is 16.0 Å². The van der Waals surface area contributed by atoms with Crippen LogP contribution in [-0.4, -0.2) is 28.6 Å². The first-order valence-electron chi connectivity index (χ1n) is 4.45. The Kier molecular flexibility index (Phi) is 2.83. The second-order valence-corrected chi connectivity index (χ2v) is 4.64. The first kappa shape index (κ1) is 11.2. The molecule has 17 heavy (non-hydrogen) atoms. The van der Waals surface area contributed by atoms with Crippen molar-refractivity contribution in [3.05, 3.63) is 30.9 Å². The lowest BCUT2D eigenvalue weighted by molar-refractivity contribution is 0.600. The summed E-state index contributed by atoms with van der Waals surface area (Å²) in [5, 5.41) is 7.01. The lowest BCUT2D eigenvalue weighted by Gasteiger charge is -2.06. The van der Waals surface area contributed by atoms with Crippen LogP contribution in [0.4, 0.5) is 11.6 Å². The SMILES string of the molecule is Nc1ccncc1S(=O)(=O)Nc1nccnn1. The Labute approximate surface area is 97.0 Å². The minimum atomic E-state index is -3.85. The molecule has 2 aromatic heterocycles. The van der Waals surface area contributed by atoms with Gasteiger partial charge in [-0.05, 0) is 6.07 Å². The lowest BCUT2D eigenvalue weighted by atomic mass is 10.4. The lowest BCUT2D eigenvalue weighted by Crippen LogP contribution is -2.17. The van der Waals surface area contributed by atoms with Gasteiger partial charge in [0.1, 0.15) is 4.90 Å². The number of hydrogen-bond acceptors (Lipinski definition) is 7. The van der Waals surface area contributed by atoms with Crippen molar-refractivity contribution in [1.29, 1.82) is 0 Å². The molecule has 0 aliphatic heterocycles. The highest BCUT2D eigenvalue weighted by atomic mass is 32.2. The van der Waals surface area contributed by atoms with Crippen LogP contribution in [0.25, 0.3) is 0 Å². The molecule has 0 spiro atoms. The zero-order valence-electron chi connectivity index (χ0n) is 8.48. The molecule has 0 aliphatic carbocycles. The van der Waals surface area contributed by atoms with Crippen LogP contribution in [0.1, 0.15) is 0 Å². The molecule has 2 aromatic rings. The Balaban J connectivity index is 2.36. The maximum absolute atomic E-state index is 11.9. The molecule has 0 unspecified atom stereocenters. The molecule has 88 valence electrons. The molecule has 2 heterocycles. The number of sulfonamides is 1. The van der Waals surface area contributed by atoms with Gasteiger partial charge in [-0.25, -0.2) is 18.1 Å². The Morgan fingerprint density at radius 3 is 2.71 bits per heavy atom. The maximum atomic E-state index is 11.9. The zero-order valence-corrected chi connectivity index (χ0v) is 9.29. The van der Waals surface area contributed by atoms with Gasteiger partial charge in [0.2, 0.25) is 0 Å². The third-order valence-corrected chi connectivity index (χ3v) is 3.19. The first-order valence-corrected chi connectivity index (χ1v) is 5.94. The number of nitrogens with two attached hydrogens (primary N) is 1. The normalized spacial score (nSPS) is 11.1. The van der Waals surface area contributed by atoms with E-state index in [1.807, 2.05) is 0 Å². The summed E-state index contributed by atoms with van der Waals surface area (Å²) in [5.74, 6) is -0.129.